The van der Waals surface area contributed by atoms with Crippen LogP contribution in [0.1, 0.15) is 29.3 Å². The van der Waals surface area contributed by atoms with Gasteiger partial charge in [0.05, 0.1) is 18.6 Å². The van der Waals surface area contributed by atoms with Gasteiger partial charge in [0.25, 0.3) is 5.91 Å². The number of rotatable bonds is 3. The molecule has 2 aromatic rings. The Morgan fingerprint density at radius 2 is 1.94 bits per heavy atom. The maximum Gasteiger partial charge on any atom is 0.289 e. The van der Waals surface area contributed by atoms with Gasteiger partial charge in [-0.2, -0.15) is 0 Å². The second-order valence-electron chi connectivity index (χ2n) is 3.58. The lowest BCUT2D eigenvalue weighted by atomic mass is 10.2. The summed E-state index contributed by atoms with van der Waals surface area (Å²) in [6.45, 7) is 1.90. The van der Waals surface area contributed by atoms with E-state index in [1.807, 2.05) is 13.0 Å². The van der Waals surface area contributed by atoms with E-state index >= 15 is 0 Å². The van der Waals surface area contributed by atoms with Gasteiger partial charge in [0, 0.05) is 7.05 Å². The molecule has 84 valence electrons. The molecule has 0 aliphatic rings. The third-order valence-electron chi connectivity index (χ3n) is 2.59. The first kappa shape index (κ1) is 10.5. The topological polar surface area (TPSA) is 46.6 Å². The first-order chi connectivity index (χ1) is 7.70. The lowest BCUT2D eigenvalue weighted by Gasteiger charge is -2.22. The van der Waals surface area contributed by atoms with E-state index in [0.717, 1.165) is 5.76 Å². The van der Waals surface area contributed by atoms with E-state index in [2.05, 4.69) is 0 Å². The molecule has 0 unspecified atom stereocenters. The van der Waals surface area contributed by atoms with Gasteiger partial charge < -0.3 is 13.7 Å². The number of amides is 1. The first-order valence-electron chi connectivity index (χ1n) is 5.04. The van der Waals surface area contributed by atoms with Crippen molar-refractivity contribution in [2.45, 2.75) is 13.0 Å². The van der Waals surface area contributed by atoms with Crippen molar-refractivity contribution in [1.82, 2.24) is 4.90 Å². The minimum atomic E-state index is -0.158. The van der Waals surface area contributed by atoms with Gasteiger partial charge in [0.1, 0.15) is 5.76 Å². The summed E-state index contributed by atoms with van der Waals surface area (Å²) in [5, 5.41) is 0. The SMILES string of the molecule is C[C@@H](c1ccco1)N(C)C(=O)c1ccco1. The second-order valence-corrected chi connectivity index (χ2v) is 3.58. The maximum absolute atomic E-state index is 11.9. The molecule has 0 saturated heterocycles. The molecular weight excluding hydrogens is 206 g/mol. The summed E-state index contributed by atoms with van der Waals surface area (Å²) in [5.41, 5.74) is 0. The highest BCUT2D eigenvalue weighted by molar-refractivity contribution is 5.91. The quantitative estimate of drug-likeness (QED) is 0.797. The van der Waals surface area contributed by atoms with Crippen LogP contribution in [-0.4, -0.2) is 17.9 Å². The van der Waals surface area contributed by atoms with E-state index in [1.54, 1.807) is 36.4 Å². The molecular formula is C12H13NO3. The minimum absolute atomic E-state index is 0.118. The predicted octanol–water partition coefficient (Wildman–Crippen LogP) is 2.71. The van der Waals surface area contributed by atoms with Crippen LogP contribution in [-0.2, 0) is 0 Å². The average Bonchev–Trinajstić information content (AvgIpc) is 2.97. The highest BCUT2D eigenvalue weighted by Crippen LogP contribution is 2.20. The molecule has 0 aromatic carbocycles. The predicted molar refractivity (Wildman–Crippen MR) is 57.9 cm³/mol. The van der Waals surface area contributed by atoms with E-state index < -0.39 is 0 Å². The van der Waals surface area contributed by atoms with E-state index in [1.165, 1.54) is 6.26 Å². The Morgan fingerprint density at radius 1 is 1.25 bits per heavy atom. The summed E-state index contributed by atoms with van der Waals surface area (Å²) in [4.78, 5) is 13.5. The van der Waals surface area contributed by atoms with Crippen LogP contribution >= 0.6 is 0 Å². The van der Waals surface area contributed by atoms with E-state index in [-0.39, 0.29) is 11.9 Å². The Balaban J connectivity index is 2.14. The Bertz CT molecular complexity index is 445. The van der Waals surface area contributed by atoms with Crippen molar-refractivity contribution in [2.75, 3.05) is 7.05 Å². The molecule has 0 aliphatic carbocycles. The van der Waals surface area contributed by atoms with Crippen LogP contribution in [0.3, 0.4) is 0 Å². The van der Waals surface area contributed by atoms with Crippen molar-refractivity contribution in [3.8, 4) is 0 Å². The first-order valence-corrected chi connectivity index (χ1v) is 5.04. The van der Waals surface area contributed by atoms with Gasteiger partial charge in [-0.05, 0) is 31.2 Å². The van der Waals surface area contributed by atoms with Crippen molar-refractivity contribution < 1.29 is 13.6 Å². The van der Waals surface area contributed by atoms with Crippen LogP contribution in [0.2, 0.25) is 0 Å². The normalized spacial score (nSPS) is 12.4. The average molecular weight is 219 g/mol. The van der Waals surface area contributed by atoms with Crippen LogP contribution in [0.25, 0.3) is 0 Å². The van der Waals surface area contributed by atoms with Crippen molar-refractivity contribution in [3.63, 3.8) is 0 Å². The minimum Gasteiger partial charge on any atom is -0.467 e. The van der Waals surface area contributed by atoms with Gasteiger partial charge in [0.15, 0.2) is 5.76 Å². The molecule has 4 heteroatoms. The summed E-state index contributed by atoms with van der Waals surface area (Å²) in [6.07, 6.45) is 3.08. The van der Waals surface area contributed by atoms with Gasteiger partial charge in [-0.1, -0.05) is 0 Å². The maximum atomic E-state index is 11.9. The number of carbonyl (C=O) groups is 1. The van der Waals surface area contributed by atoms with Crippen molar-refractivity contribution in [2.24, 2.45) is 0 Å². The summed E-state index contributed by atoms with van der Waals surface area (Å²) in [5.74, 6) is 0.928. The zero-order valence-electron chi connectivity index (χ0n) is 9.21. The molecule has 2 rings (SSSR count). The monoisotopic (exact) mass is 219 g/mol. The van der Waals surface area contributed by atoms with E-state index in [9.17, 15) is 4.79 Å². The smallest absolute Gasteiger partial charge is 0.289 e. The van der Waals surface area contributed by atoms with Crippen molar-refractivity contribution >= 4 is 5.91 Å². The fraction of sp³-hybridized carbons (Fsp3) is 0.250. The van der Waals surface area contributed by atoms with Gasteiger partial charge in [-0.15, -0.1) is 0 Å². The molecule has 0 radical (unpaired) electrons. The molecule has 0 saturated carbocycles. The highest BCUT2D eigenvalue weighted by atomic mass is 16.3. The number of carbonyl (C=O) groups excluding carboxylic acids is 1. The molecule has 0 N–H and O–H groups in total. The van der Waals surface area contributed by atoms with Crippen LogP contribution in [0.4, 0.5) is 0 Å². The molecule has 1 atom stereocenters. The molecule has 16 heavy (non-hydrogen) atoms. The summed E-state index contributed by atoms with van der Waals surface area (Å²) in [7, 11) is 1.72. The largest absolute Gasteiger partial charge is 0.467 e. The summed E-state index contributed by atoms with van der Waals surface area (Å²) in [6, 6.07) is 6.87. The fourth-order valence-electron chi connectivity index (χ4n) is 1.47. The van der Waals surface area contributed by atoms with Gasteiger partial charge >= 0.3 is 0 Å². The highest BCUT2D eigenvalue weighted by Gasteiger charge is 2.22. The lowest BCUT2D eigenvalue weighted by Crippen LogP contribution is -2.29. The van der Waals surface area contributed by atoms with Gasteiger partial charge in [-0.3, -0.25) is 4.79 Å². The third-order valence-corrected chi connectivity index (χ3v) is 2.59. The van der Waals surface area contributed by atoms with Crippen LogP contribution in [0.15, 0.2) is 45.6 Å². The summed E-state index contributed by atoms with van der Waals surface area (Å²) >= 11 is 0. The molecule has 2 aromatic heterocycles. The molecule has 2 heterocycles. The third kappa shape index (κ3) is 1.86. The number of hydrogen-bond donors (Lipinski definition) is 0. The fourth-order valence-corrected chi connectivity index (χ4v) is 1.47. The number of furan rings is 2. The van der Waals surface area contributed by atoms with Crippen molar-refractivity contribution in [1.29, 1.82) is 0 Å². The van der Waals surface area contributed by atoms with Crippen LogP contribution < -0.4 is 0 Å². The van der Waals surface area contributed by atoms with Crippen molar-refractivity contribution in [3.05, 3.63) is 48.3 Å². The van der Waals surface area contributed by atoms with E-state index in [0.29, 0.717) is 5.76 Å². The molecule has 0 spiro atoms. The zero-order chi connectivity index (χ0) is 11.5. The Morgan fingerprint density at radius 3 is 2.50 bits per heavy atom. The standard InChI is InChI=1S/C12H13NO3/c1-9(10-5-3-7-15-10)13(2)12(14)11-6-4-8-16-11/h3-9H,1-2H3/t9-/m0/s1. The van der Waals surface area contributed by atoms with Gasteiger partial charge in [-0.25, -0.2) is 0 Å². The molecule has 4 nitrogen and oxygen atoms in total. The number of hydrogen-bond acceptors (Lipinski definition) is 3. The second kappa shape index (κ2) is 4.26. The van der Waals surface area contributed by atoms with Crippen LogP contribution in [0.5, 0.6) is 0 Å². The Kier molecular flexibility index (Phi) is 2.81. The summed E-state index contributed by atoms with van der Waals surface area (Å²) < 4.78 is 10.3. The number of nitrogens with zero attached hydrogens (tertiary/aromatic N) is 1. The molecule has 1 amide bonds. The molecule has 0 fully saturated rings. The van der Waals surface area contributed by atoms with Crippen LogP contribution in [0, 0.1) is 0 Å². The molecule has 0 bridgehead atoms. The molecule has 0 aliphatic heterocycles. The Hall–Kier alpha value is -1.97. The van der Waals surface area contributed by atoms with Gasteiger partial charge in [0.2, 0.25) is 0 Å². The van der Waals surface area contributed by atoms with E-state index in [4.69, 9.17) is 8.83 Å². The zero-order valence-corrected chi connectivity index (χ0v) is 9.21. The Labute approximate surface area is 93.5 Å². The lowest BCUT2D eigenvalue weighted by molar-refractivity contribution is 0.0694.